The first-order chi connectivity index (χ1) is 12.2. The third-order valence-electron chi connectivity index (χ3n) is 2.90. The van der Waals surface area contributed by atoms with E-state index < -0.39 is 16.6 Å². The third-order valence-corrected chi connectivity index (χ3v) is 4.52. The lowest BCUT2D eigenvalue weighted by molar-refractivity contribution is 0.0927. The van der Waals surface area contributed by atoms with Crippen molar-refractivity contribution >= 4 is 27.4 Å². The zero-order valence-electron chi connectivity index (χ0n) is 14.6. The molecule has 0 atom stereocenters. The maximum Gasteiger partial charge on any atom is 0.514 e. The summed E-state index contributed by atoms with van der Waals surface area (Å²) >= 11 is 0. The second-order valence-electron chi connectivity index (χ2n) is 4.99. The van der Waals surface area contributed by atoms with Crippen LogP contribution in [0.2, 0.25) is 0 Å². The molecule has 0 fully saturated rings. The molecule has 142 valence electrons. The Morgan fingerprint density at radius 2 is 1.58 bits per heavy atom. The quantitative estimate of drug-likeness (QED) is 0.250. The van der Waals surface area contributed by atoms with Crippen LogP contribution in [0.5, 0.6) is 5.75 Å². The SMILES string of the molecule is COS(=O)(=O)[O-].C[S+](C)c1ccc(OC(=O)OCc2ccccc2)cc1. The first-order valence-electron chi connectivity index (χ1n) is 7.29. The Hall–Kier alpha value is -2.07. The van der Waals surface area contributed by atoms with Crippen molar-refractivity contribution < 1.29 is 31.4 Å². The lowest BCUT2D eigenvalue weighted by atomic mass is 10.2. The molecular formula is C17H20O7S2. The van der Waals surface area contributed by atoms with Gasteiger partial charge in [0.2, 0.25) is 10.4 Å². The van der Waals surface area contributed by atoms with Gasteiger partial charge >= 0.3 is 6.16 Å². The van der Waals surface area contributed by atoms with Crippen LogP contribution in [0.15, 0.2) is 59.5 Å². The molecule has 0 aromatic heterocycles. The van der Waals surface area contributed by atoms with Crippen LogP contribution in [0.3, 0.4) is 0 Å². The summed E-state index contributed by atoms with van der Waals surface area (Å²) in [4.78, 5) is 12.8. The van der Waals surface area contributed by atoms with Crippen molar-refractivity contribution in [3.63, 3.8) is 0 Å². The van der Waals surface area contributed by atoms with Gasteiger partial charge in [-0.15, -0.1) is 0 Å². The van der Waals surface area contributed by atoms with Crippen LogP contribution in [-0.4, -0.2) is 38.7 Å². The second-order valence-corrected chi connectivity index (χ2v) is 8.24. The summed E-state index contributed by atoms with van der Waals surface area (Å²) in [6.45, 7) is 0.213. The highest BCUT2D eigenvalue weighted by molar-refractivity contribution is 7.95. The van der Waals surface area contributed by atoms with Gasteiger partial charge in [-0.1, -0.05) is 30.3 Å². The van der Waals surface area contributed by atoms with Crippen molar-refractivity contribution in [2.75, 3.05) is 19.6 Å². The maximum absolute atomic E-state index is 11.6. The van der Waals surface area contributed by atoms with E-state index in [1.165, 1.54) is 4.90 Å². The molecule has 0 unspecified atom stereocenters. The zero-order chi connectivity index (χ0) is 19.6. The van der Waals surface area contributed by atoms with Crippen molar-refractivity contribution in [2.24, 2.45) is 0 Å². The molecular weight excluding hydrogens is 380 g/mol. The van der Waals surface area contributed by atoms with Gasteiger partial charge in [0.25, 0.3) is 0 Å². The van der Waals surface area contributed by atoms with E-state index in [1.54, 1.807) is 12.1 Å². The molecule has 0 bridgehead atoms. The standard InChI is InChI=1S/C16H17O3S.CH4O4S/c1-20(2)15-10-8-14(9-11-15)19-16(17)18-12-13-6-4-3-5-7-13;1-5-6(2,3)4/h3-11H,12H2,1-2H3;1H3,(H,2,3,4)/q+1;/p-1. The number of hydrogen-bond donors (Lipinski definition) is 0. The van der Waals surface area contributed by atoms with Gasteiger partial charge in [-0.3, -0.25) is 4.18 Å². The first kappa shape index (κ1) is 22.0. The van der Waals surface area contributed by atoms with E-state index in [4.69, 9.17) is 9.47 Å². The minimum atomic E-state index is -4.41. The van der Waals surface area contributed by atoms with Gasteiger partial charge in [-0.05, 0) is 29.8 Å². The molecule has 0 spiro atoms. The number of benzene rings is 2. The summed E-state index contributed by atoms with van der Waals surface area (Å²) < 4.78 is 41.2. The fourth-order valence-electron chi connectivity index (χ4n) is 1.62. The smallest absolute Gasteiger partial charge is 0.514 e. The Balaban J connectivity index is 0.000000487. The van der Waals surface area contributed by atoms with Crippen LogP contribution in [0, 0.1) is 0 Å². The normalized spacial score (nSPS) is 10.7. The Bertz CT molecular complexity index is 773. The molecule has 2 aromatic rings. The molecule has 7 nitrogen and oxygen atoms in total. The van der Waals surface area contributed by atoms with Gasteiger partial charge in [0.05, 0.1) is 7.11 Å². The van der Waals surface area contributed by atoms with Crippen LogP contribution in [0.4, 0.5) is 4.79 Å². The predicted octanol–water partition coefficient (Wildman–Crippen LogP) is 2.73. The zero-order valence-corrected chi connectivity index (χ0v) is 16.2. The minimum absolute atomic E-state index is 0.200. The molecule has 0 aliphatic rings. The van der Waals surface area contributed by atoms with Crippen LogP contribution in [0.25, 0.3) is 0 Å². The molecule has 0 amide bonds. The number of hydrogen-bond acceptors (Lipinski definition) is 7. The van der Waals surface area contributed by atoms with Gasteiger partial charge in [0.1, 0.15) is 24.9 Å². The molecule has 0 N–H and O–H groups in total. The fourth-order valence-corrected chi connectivity index (χ4v) is 2.30. The molecule has 9 heteroatoms. The lowest BCUT2D eigenvalue weighted by Gasteiger charge is -2.06. The van der Waals surface area contributed by atoms with E-state index in [1.807, 2.05) is 42.5 Å². The number of carbonyl (C=O) groups excluding carboxylic acids is 1. The molecule has 0 heterocycles. The van der Waals surface area contributed by atoms with Crippen molar-refractivity contribution in [1.29, 1.82) is 0 Å². The van der Waals surface area contributed by atoms with Gasteiger partial charge in [0, 0.05) is 10.9 Å². The van der Waals surface area contributed by atoms with Crippen LogP contribution < -0.4 is 4.74 Å². The summed E-state index contributed by atoms with van der Waals surface area (Å²) in [6, 6.07) is 17.0. The predicted molar refractivity (Wildman–Crippen MR) is 97.9 cm³/mol. The van der Waals surface area contributed by atoms with Crippen molar-refractivity contribution in [2.45, 2.75) is 11.5 Å². The maximum atomic E-state index is 11.6. The highest BCUT2D eigenvalue weighted by Gasteiger charge is 2.10. The molecule has 2 aromatic carbocycles. The van der Waals surface area contributed by atoms with E-state index in [2.05, 4.69) is 16.7 Å². The van der Waals surface area contributed by atoms with Crippen LogP contribution in [0.1, 0.15) is 5.56 Å². The number of carbonyl (C=O) groups is 1. The van der Waals surface area contributed by atoms with Crippen molar-refractivity contribution in [3.8, 4) is 5.75 Å². The minimum Gasteiger partial charge on any atom is -0.726 e. The fraction of sp³-hybridized carbons (Fsp3) is 0.235. The van der Waals surface area contributed by atoms with Crippen molar-refractivity contribution in [3.05, 3.63) is 60.2 Å². The van der Waals surface area contributed by atoms with Gasteiger partial charge < -0.3 is 14.0 Å². The second kappa shape index (κ2) is 10.8. The first-order valence-corrected chi connectivity index (χ1v) is 10.7. The Morgan fingerprint density at radius 1 is 1.04 bits per heavy atom. The Morgan fingerprint density at radius 3 is 2.04 bits per heavy atom. The Labute approximate surface area is 156 Å². The summed E-state index contributed by atoms with van der Waals surface area (Å²) in [5.74, 6) is 0.497. The summed E-state index contributed by atoms with van der Waals surface area (Å²) in [6.07, 6.45) is 3.60. The topological polar surface area (TPSA) is 102 Å². The van der Waals surface area contributed by atoms with E-state index in [-0.39, 0.29) is 17.5 Å². The number of rotatable bonds is 5. The molecule has 0 radical (unpaired) electrons. The van der Waals surface area contributed by atoms with Gasteiger partial charge in [-0.25, -0.2) is 13.2 Å². The molecule has 26 heavy (non-hydrogen) atoms. The summed E-state index contributed by atoms with van der Waals surface area (Å²) in [5.41, 5.74) is 0.931. The monoisotopic (exact) mass is 400 g/mol. The van der Waals surface area contributed by atoms with Crippen molar-refractivity contribution in [1.82, 2.24) is 0 Å². The third kappa shape index (κ3) is 9.42. The average molecular weight is 400 g/mol. The molecule has 0 aliphatic heterocycles. The largest absolute Gasteiger partial charge is 0.726 e. The highest BCUT2D eigenvalue weighted by Crippen LogP contribution is 2.16. The van der Waals surface area contributed by atoms with E-state index in [0.717, 1.165) is 12.7 Å². The number of ether oxygens (including phenoxy) is 2. The highest BCUT2D eigenvalue weighted by atomic mass is 32.3. The summed E-state index contributed by atoms with van der Waals surface area (Å²) in [7, 11) is -3.40. The average Bonchev–Trinajstić information content (AvgIpc) is 2.61. The molecule has 0 saturated heterocycles. The summed E-state index contributed by atoms with van der Waals surface area (Å²) in [5, 5.41) is 0. The van der Waals surface area contributed by atoms with E-state index in [0.29, 0.717) is 5.75 Å². The lowest BCUT2D eigenvalue weighted by Crippen LogP contribution is -2.10. The van der Waals surface area contributed by atoms with Gasteiger partial charge in [-0.2, -0.15) is 0 Å². The molecule has 2 rings (SSSR count). The molecule has 0 aliphatic carbocycles. The molecule has 0 saturated carbocycles. The van der Waals surface area contributed by atoms with Crippen LogP contribution in [-0.2, 0) is 36.8 Å². The van der Waals surface area contributed by atoms with Gasteiger partial charge in [0.15, 0.2) is 4.90 Å². The van der Waals surface area contributed by atoms with E-state index >= 15 is 0 Å². The Kier molecular flexibility index (Phi) is 9.14. The van der Waals surface area contributed by atoms with Crippen LogP contribution >= 0.6 is 0 Å². The van der Waals surface area contributed by atoms with E-state index in [9.17, 15) is 17.8 Å².